The molecule has 2 rings (SSSR count). The van der Waals surface area contributed by atoms with Crippen molar-refractivity contribution in [2.45, 2.75) is 13.5 Å². The number of carbonyl (C=O) groups excluding carboxylic acids is 1. The van der Waals surface area contributed by atoms with Gasteiger partial charge in [0.1, 0.15) is 0 Å². The molecule has 1 aromatic heterocycles. The van der Waals surface area contributed by atoms with Gasteiger partial charge in [0.05, 0.1) is 19.1 Å². The van der Waals surface area contributed by atoms with Gasteiger partial charge in [-0.3, -0.25) is 5.32 Å². The van der Waals surface area contributed by atoms with Crippen molar-refractivity contribution in [1.82, 2.24) is 0 Å². The van der Waals surface area contributed by atoms with E-state index < -0.39 is 6.09 Å². The van der Waals surface area contributed by atoms with Crippen molar-refractivity contribution >= 4 is 17.5 Å². The highest BCUT2D eigenvalue weighted by molar-refractivity contribution is 5.84. The van der Waals surface area contributed by atoms with Crippen LogP contribution in [0.2, 0.25) is 0 Å². The van der Waals surface area contributed by atoms with Crippen molar-refractivity contribution in [3.63, 3.8) is 0 Å². The molecule has 0 aliphatic carbocycles. The van der Waals surface area contributed by atoms with E-state index in [9.17, 15) is 4.79 Å². The van der Waals surface area contributed by atoms with Gasteiger partial charge >= 0.3 is 6.09 Å². The summed E-state index contributed by atoms with van der Waals surface area (Å²) in [4.78, 5) is 11.2. The lowest BCUT2D eigenvalue weighted by molar-refractivity contribution is 0.168. The van der Waals surface area contributed by atoms with Crippen LogP contribution in [0, 0.1) is 0 Å². The Bertz CT molecular complexity index is 506. The molecule has 1 heterocycles. The van der Waals surface area contributed by atoms with Crippen LogP contribution in [-0.2, 0) is 11.3 Å². The first-order valence-electron chi connectivity index (χ1n) is 6.06. The normalized spacial score (nSPS) is 9.95. The van der Waals surface area contributed by atoms with Gasteiger partial charge in [0.25, 0.3) is 0 Å². The lowest BCUT2D eigenvalue weighted by atomic mass is 10.2. The van der Waals surface area contributed by atoms with Crippen molar-refractivity contribution in [2.24, 2.45) is 0 Å². The van der Waals surface area contributed by atoms with Gasteiger partial charge in [-0.1, -0.05) is 0 Å². The zero-order chi connectivity index (χ0) is 13.5. The van der Waals surface area contributed by atoms with Gasteiger partial charge in [0, 0.05) is 23.5 Å². The van der Waals surface area contributed by atoms with Crippen molar-refractivity contribution in [2.75, 3.05) is 17.2 Å². The molecule has 0 unspecified atom stereocenters. The SMILES string of the molecule is CCOC(=O)Nc1ccc(NCc2ccoc2)cc1. The number of amides is 1. The molecule has 0 radical (unpaired) electrons. The molecule has 0 aliphatic heterocycles. The average molecular weight is 260 g/mol. The first-order valence-corrected chi connectivity index (χ1v) is 6.06. The van der Waals surface area contributed by atoms with Gasteiger partial charge in [-0.25, -0.2) is 4.79 Å². The lowest BCUT2D eigenvalue weighted by Crippen LogP contribution is -2.13. The molecule has 0 saturated carbocycles. The Balaban J connectivity index is 1.85. The summed E-state index contributed by atoms with van der Waals surface area (Å²) in [7, 11) is 0. The van der Waals surface area contributed by atoms with Gasteiger partial charge in [-0.15, -0.1) is 0 Å². The fraction of sp³-hybridized carbons (Fsp3) is 0.214. The third-order valence-electron chi connectivity index (χ3n) is 2.48. The number of benzene rings is 1. The van der Waals surface area contributed by atoms with E-state index in [-0.39, 0.29) is 0 Å². The molecule has 0 spiro atoms. The van der Waals surface area contributed by atoms with E-state index in [1.54, 1.807) is 19.5 Å². The minimum Gasteiger partial charge on any atom is -0.472 e. The van der Waals surface area contributed by atoms with Crippen molar-refractivity contribution in [1.29, 1.82) is 0 Å². The second kappa shape index (κ2) is 6.49. The number of nitrogens with one attached hydrogen (secondary N) is 2. The molecule has 5 heteroatoms. The average Bonchev–Trinajstić information content (AvgIpc) is 2.91. The summed E-state index contributed by atoms with van der Waals surface area (Å²) in [5.74, 6) is 0. The summed E-state index contributed by atoms with van der Waals surface area (Å²) >= 11 is 0. The van der Waals surface area contributed by atoms with E-state index in [1.165, 1.54) is 0 Å². The van der Waals surface area contributed by atoms with Crippen LogP contribution < -0.4 is 10.6 Å². The maximum absolute atomic E-state index is 11.2. The Labute approximate surface area is 111 Å². The molecule has 2 aromatic rings. The minimum atomic E-state index is -0.443. The number of hydrogen-bond donors (Lipinski definition) is 2. The first kappa shape index (κ1) is 13.0. The Hall–Kier alpha value is -2.43. The van der Waals surface area contributed by atoms with Crippen molar-refractivity contribution < 1.29 is 13.9 Å². The van der Waals surface area contributed by atoms with Gasteiger partial charge in [-0.05, 0) is 37.3 Å². The molecule has 0 atom stereocenters. The van der Waals surface area contributed by atoms with Gasteiger partial charge in [0.2, 0.25) is 0 Å². The minimum absolute atomic E-state index is 0.357. The first-order chi connectivity index (χ1) is 9.28. The molecule has 0 saturated heterocycles. The molecule has 100 valence electrons. The predicted molar refractivity (Wildman–Crippen MR) is 73.1 cm³/mol. The number of anilines is 2. The quantitative estimate of drug-likeness (QED) is 0.864. The standard InChI is InChI=1S/C14H16N2O3/c1-2-19-14(17)16-13-5-3-12(4-6-13)15-9-11-7-8-18-10-11/h3-8,10,15H,2,9H2,1H3,(H,16,17). The van der Waals surface area contributed by atoms with Crippen LogP contribution in [0.1, 0.15) is 12.5 Å². The fourth-order valence-corrected chi connectivity index (χ4v) is 1.55. The van der Waals surface area contributed by atoms with Crippen LogP contribution in [0.15, 0.2) is 47.3 Å². The smallest absolute Gasteiger partial charge is 0.411 e. The molecule has 0 bridgehead atoms. The van der Waals surface area contributed by atoms with Gasteiger partial charge in [0.15, 0.2) is 0 Å². The highest BCUT2D eigenvalue weighted by Gasteiger charge is 2.01. The van der Waals surface area contributed by atoms with E-state index >= 15 is 0 Å². The Morgan fingerprint density at radius 1 is 1.21 bits per heavy atom. The second-order valence-corrected chi connectivity index (χ2v) is 3.91. The van der Waals surface area contributed by atoms with E-state index in [0.29, 0.717) is 18.8 Å². The molecule has 0 fully saturated rings. The second-order valence-electron chi connectivity index (χ2n) is 3.91. The maximum Gasteiger partial charge on any atom is 0.411 e. The molecule has 2 N–H and O–H groups in total. The van der Waals surface area contributed by atoms with E-state index in [2.05, 4.69) is 10.6 Å². The Morgan fingerprint density at radius 3 is 2.58 bits per heavy atom. The van der Waals surface area contributed by atoms with E-state index in [0.717, 1.165) is 11.3 Å². The predicted octanol–water partition coefficient (Wildman–Crippen LogP) is 3.46. The summed E-state index contributed by atoms with van der Waals surface area (Å²) in [5.41, 5.74) is 2.75. The molecule has 0 aliphatic rings. The molecule has 19 heavy (non-hydrogen) atoms. The summed E-state index contributed by atoms with van der Waals surface area (Å²) in [6, 6.07) is 9.32. The fourth-order valence-electron chi connectivity index (χ4n) is 1.55. The molecule has 1 aromatic carbocycles. The monoisotopic (exact) mass is 260 g/mol. The Kier molecular flexibility index (Phi) is 4.44. The van der Waals surface area contributed by atoms with E-state index in [1.807, 2.05) is 30.3 Å². The summed E-state index contributed by atoms with van der Waals surface area (Å²) < 4.78 is 9.78. The molecule has 5 nitrogen and oxygen atoms in total. The van der Waals surface area contributed by atoms with Crippen LogP contribution in [-0.4, -0.2) is 12.7 Å². The zero-order valence-corrected chi connectivity index (χ0v) is 10.7. The zero-order valence-electron chi connectivity index (χ0n) is 10.7. The maximum atomic E-state index is 11.2. The van der Waals surface area contributed by atoms with Crippen molar-refractivity contribution in [3.8, 4) is 0 Å². The highest BCUT2D eigenvalue weighted by atomic mass is 16.5. The topological polar surface area (TPSA) is 63.5 Å². The summed E-state index contributed by atoms with van der Waals surface area (Å²) in [5, 5.41) is 5.88. The van der Waals surface area contributed by atoms with Crippen LogP contribution >= 0.6 is 0 Å². The number of rotatable bonds is 5. The third-order valence-corrected chi connectivity index (χ3v) is 2.48. The molecule has 1 amide bonds. The third kappa shape index (κ3) is 4.06. The number of furan rings is 1. The lowest BCUT2D eigenvalue weighted by Gasteiger charge is -2.07. The molecular weight excluding hydrogens is 244 g/mol. The summed E-state index contributed by atoms with van der Waals surface area (Å²) in [6.07, 6.45) is 2.90. The van der Waals surface area contributed by atoms with Crippen LogP contribution in [0.5, 0.6) is 0 Å². The van der Waals surface area contributed by atoms with Crippen LogP contribution in [0.3, 0.4) is 0 Å². The van der Waals surface area contributed by atoms with E-state index in [4.69, 9.17) is 9.15 Å². The van der Waals surface area contributed by atoms with Crippen LogP contribution in [0.25, 0.3) is 0 Å². The molecular formula is C14H16N2O3. The Morgan fingerprint density at radius 2 is 1.95 bits per heavy atom. The van der Waals surface area contributed by atoms with Crippen LogP contribution in [0.4, 0.5) is 16.2 Å². The number of carbonyl (C=O) groups is 1. The number of hydrogen-bond acceptors (Lipinski definition) is 4. The number of ether oxygens (including phenoxy) is 1. The largest absolute Gasteiger partial charge is 0.472 e. The van der Waals surface area contributed by atoms with Gasteiger partial charge < -0.3 is 14.5 Å². The highest BCUT2D eigenvalue weighted by Crippen LogP contribution is 2.14. The van der Waals surface area contributed by atoms with Crippen molar-refractivity contribution in [3.05, 3.63) is 48.4 Å². The van der Waals surface area contributed by atoms with Gasteiger partial charge in [-0.2, -0.15) is 0 Å². The summed E-state index contributed by atoms with van der Waals surface area (Å²) in [6.45, 7) is 2.82.